The number of hydrogen-bond donors (Lipinski definition) is 2. The summed E-state index contributed by atoms with van der Waals surface area (Å²) in [5.41, 5.74) is 5.01. The third kappa shape index (κ3) is 3.02. The minimum Gasteiger partial charge on any atom is -0.376 e. The largest absolute Gasteiger partial charge is 0.376 e. The molecule has 0 aromatic heterocycles. The van der Waals surface area contributed by atoms with Crippen LogP contribution in [0.25, 0.3) is 0 Å². The van der Waals surface area contributed by atoms with Crippen LogP contribution < -0.4 is 11.1 Å². The number of nitrogens with one attached hydrogen (secondary N) is 1. The number of carbonyl (C=O) groups is 1. The molecule has 1 saturated heterocycles. The summed E-state index contributed by atoms with van der Waals surface area (Å²) in [6, 6.07) is 0.239. The molecule has 2 rings (SSSR count). The molecule has 2 atom stereocenters. The van der Waals surface area contributed by atoms with Crippen LogP contribution in [-0.4, -0.2) is 42.9 Å². The Morgan fingerprint density at radius 2 is 2.17 bits per heavy atom. The van der Waals surface area contributed by atoms with Crippen LogP contribution in [0.15, 0.2) is 0 Å². The molecule has 0 spiro atoms. The van der Waals surface area contributed by atoms with Crippen LogP contribution in [0, 0.1) is 0 Å². The Bertz CT molecular complexity index is 305. The first-order chi connectivity index (χ1) is 8.52. The summed E-state index contributed by atoms with van der Waals surface area (Å²) in [6.45, 7) is 5.43. The van der Waals surface area contributed by atoms with E-state index in [1.807, 2.05) is 13.8 Å². The molecule has 1 aliphatic heterocycles. The summed E-state index contributed by atoms with van der Waals surface area (Å²) in [7, 11) is 0. The molecule has 3 N–H and O–H groups in total. The van der Waals surface area contributed by atoms with E-state index < -0.39 is 5.54 Å². The first-order valence-corrected chi connectivity index (χ1v) is 6.83. The lowest BCUT2D eigenvalue weighted by molar-refractivity contribution is -0.167. The number of rotatable bonds is 5. The highest BCUT2D eigenvalue weighted by Crippen LogP contribution is 2.31. The van der Waals surface area contributed by atoms with Crippen molar-refractivity contribution in [1.82, 2.24) is 5.32 Å². The molecule has 0 aromatic carbocycles. The SMILES string of the molecule is CC(C)NC1(C(N)=O)CCCC(OC2COC2)C1. The van der Waals surface area contributed by atoms with Gasteiger partial charge in [0.05, 0.1) is 19.3 Å². The number of primary amides is 1. The monoisotopic (exact) mass is 256 g/mol. The van der Waals surface area contributed by atoms with Gasteiger partial charge in [0.15, 0.2) is 0 Å². The van der Waals surface area contributed by atoms with Crippen molar-refractivity contribution in [2.75, 3.05) is 13.2 Å². The predicted molar refractivity (Wildman–Crippen MR) is 68.1 cm³/mol. The maximum Gasteiger partial charge on any atom is 0.237 e. The fourth-order valence-electron chi connectivity index (χ4n) is 2.88. The minimum absolute atomic E-state index is 0.117. The van der Waals surface area contributed by atoms with Crippen LogP contribution in [0.1, 0.15) is 39.5 Å². The van der Waals surface area contributed by atoms with Crippen molar-refractivity contribution < 1.29 is 14.3 Å². The molecular formula is C13H24N2O3. The molecule has 1 aliphatic carbocycles. The molecule has 1 amide bonds. The van der Waals surface area contributed by atoms with Gasteiger partial charge in [0.1, 0.15) is 11.6 Å². The van der Waals surface area contributed by atoms with E-state index in [9.17, 15) is 4.79 Å². The van der Waals surface area contributed by atoms with Crippen molar-refractivity contribution in [1.29, 1.82) is 0 Å². The third-order valence-electron chi connectivity index (χ3n) is 3.73. The zero-order chi connectivity index (χ0) is 13.2. The molecule has 1 saturated carbocycles. The Kier molecular flexibility index (Phi) is 4.25. The molecule has 0 bridgehead atoms. The van der Waals surface area contributed by atoms with Crippen LogP contribution in [0.5, 0.6) is 0 Å². The maximum absolute atomic E-state index is 11.8. The summed E-state index contributed by atoms with van der Waals surface area (Å²) >= 11 is 0. The average Bonchev–Trinajstić information content (AvgIpc) is 2.23. The van der Waals surface area contributed by atoms with Gasteiger partial charge in [-0.15, -0.1) is 0 Å². The molecule has 2 aliphatic rings. The quantitative estimate of drug-likeness (QED) is 0.754. The lowest BCUT2D eigenvalue weighted by Crippen LogP contribution is -2.61. The molecule has 2 fully saturated rings. The number of ether oxygens (including phenoxy) is 2. The highest BCUT2D eigenvalue weighted by atomic mass is 16.6. The van der Waals surface area contributed by atoms with Gasteiger partial charge < -0.3 is 20.5 Å². The smallest absolute Gasteiger partial charge is 0.237 e. The van der Waals surface area contributed by atoms with Crippen LogP contribution in [-0.2, 0) is 14.3 Å². The Balaban J connectivity index is 1.98. The highest BCUT2D eigenvalue weighted by Gasteiger charge is 2.43. The van der Waals surface area contributed by atoms with Gasteiger partial charge in [-0.2, -0.15) is 0 Å². The van der Waals surface area contributed by atoms with Crippen molar-refractivity contribution in [2.45, 2.75) is 63.3 Å². The van der Waals surface area contributed by atoms with E-state index in [1.165, 1.54) is 0 Å². The number of amides is 1. The van der Waals surface area contributed by atoms with Crippen molar-refractivity contribution in [3.8, 4) is 0 Å². The van der Waals surface area contributed by atoms with Crippen LogP contribution >= 0.6 is 0 Å². The predicted octanol–water partition coefficient (Wildman–Crippen LogP) is 0.567. The maximum atomic E-state index is 11.8. The number of carbonyl (C=O) groups excluding carboxylic acids is 1. The van der Waals surface area contributed by atoms with E-state index in [1.54, 1.807) is 0 Å². The fraction of sp³-hybridized carbons (Fsp3) is 0.923. The molecule has 104 valence electrons. The Hall–Kier alpha value is -0.650. The summed E-state index contributed by atoms with van der Waals surface area (Å²) in [4.78, 5) is 11.8. The molecule has 0 radical (unpaired) electrons. The van der Waals surface area contributed by atoms with Gasteiger partial charge in [0.25, 0.3) is 0 Å². The molecule has 1 heterocycles. The Labute approximate surface area is 108 Å². The second kappa shape index (κ2) is 5.55. The first-order valence-electron chi connectivity index (χ1n) is 6.83. The van der Waals surface area contributed by atoms with E-state index in [-0.39, 0.29) is 24.2 Å². The molecule has 5 heteroatoms. The van der Waals surface area contributed by atoms with Crippen LogP contribution in [0.4, 0.5) is 0 Å². The summed E-state index contributed by atoms with van der Waals surface area (Å²) < 4.78 is 11.0. The summed E-state index contributed by atoms with van der Waals surface area (Å²) in [6.07, 6.45) is 3.79. The van der Waals surface area contributed by atoms with Gasteiger partial charge in [-0.25, -0.2) is 0 Å². The van der Waals surface area contributed by atoms with Crippen molar-refractivity contribution in [2.24, 2.45) is 5.73 Å². The summed E-state index contributed by atoms with van der Waals surface area (Å²) in [5.74, 6) is -0.255. The molecule has 18 heavy (non-hydrogen) atoms. The molecule has 2 unspecified atom stereocenters. The van der Waals surface area contributed by atoms with Crippen molar-refractivity contribution >= 4 is 5.91 Å². The Morgan fingerprint density at radius 1 is 1.44 bits per heavy atom. The number of nitrogens with two attached hydrogens (primary N) is 1. The second-order valence-electron chi connectivity index (χ2n) is 5.76. The van der Waals surface area contributed by atoms with E-state index in [0.717, 1.165) is 19.3 Å². The first kappa shape index (κ1) is 13.8. The van der Waals surface area contributed by atoms with Gasteiger partial charge in [0.2, 0.25) is 5.91 Å². The van der Waals surface area contributed by atoms with Crippen molar-refractivity contribution in [3.05, 3.63) is 0 Å². The van der Waals surface area contributed by atoms with E-state index in [4.69, 9.17) is 15.2 Å². The standard InChI is InChI=1S/C13H24N2O3/c1-9(2)15-13(12(14)16)5-3-4-10(6-13)18-11-7-17-8-11/h9-11,15H,3-8H2,1-2H3,(H2,14,16). The van der Waals surface area contributed by atoms with Gasteiger partial charge in [-0.05, 0) is 33.1 Å². The fourth-order valence-corrected chi connectivity index (χ4v) is 2.88. The Morgan fingerprint density at radius 3 is 2.67 bits per heavy atom. The van der Waals surface area contributed by atoms with Crippen LogP contribution in [0.2, 0.25) is 0 Å². The van der Waals surface area contributed by atoms with Gasteiger partial charge in [0, 0.05) is 12.5 Å². The van der Waals surface area contributed by atoms with Gasteiger partial charge >= 0.3 is 0 Å². The average molecular weight is 256 g/mol. The highest BCUT2D eigenvalue weighted by molar-refractivity contribution is 5.84. The van der Waals surface area contributed by atoms with E-state index >= 15 is 0 Å². The lowest BCUT2D eigenvalue weighted by Gasteiger charge is -2.42. The lowest BCUT2D eigenvalue weighted by atomic mass is 9.79. The van der Waals surface area contributed by atoms with Crippen molar-refractivity contribution in [3.63, 3.8) is 0 Å². The molecule has 0 aromatic rings. The molecular weight excluding hydrogens is 232 g/mol. The summed E-state index contributed by atoms with van der Waals surface area (Å²) in [5, 5.41) is 3.35. The van der Waals surface area contributed by atoms with Gasteiger partial charge in [-0.1, -0.05) is 0 Å². The number of hydrogen-bond acceptors (Lipinski definition) is 4. The zero-order valence-electron chi connectivity index (χ0n) is 11.3. The topological polar surface area (TPSA) is 73.6 Å². The van der Waals surface area contributed by atoms with E-state index in [0.29, 0.717) is 19.6 Å². The normalized spacial score (nSPS) is 33.4. The third-order valence-corrected chi connectivity index (χ3v) is 3.73. The zero-order valence-corrected chi connectivity index (χ0v) is 11.3. The van der Waals surface area contributed by atoms with E-state index in [2.05, 4.69) is 5.32 Å². The molecule has 5 nitrogen and oxygen atoms in total. The van der Waals surface area contributed by atoms with Crippen LogP contribution in [0.3, 0.4) is 0 Å². The minimum atomic E-state index is -0.596. The second-order valence-corrected chi connectivity index (χ2v) is 5.76. The van der Waals surface area contributed by atoms with Gasteiger partial charge in [-0.3, -0.25) is 4.79 Å².